The Kier molecular flexibility index (Phi) is 10.6. The molecule has 11 heteroatoms. The van der Waals surface area contributed by atoms with E-state index in [-0.39, 0.29) is 41.7 Å². The van der Waals surface area contributed by atoms with Crippen LogP contribution in [0.25, 0.3) is 0 Å². The molecular weight excluding hydrogens is 519 g/mol. The van der Waals surface area contributed by atoms with Crippen LogP contribution in [0.2, 0.25) is 0 Å². The molecule has 1 aromatic heterocycles. The monoisotopic (exact) mass is 542 g/mol. The number of nitrogens with zero attached hydrogens (tertiary/aromatic N) is 2. The molecule has 2 N–H and O–H groups in total. The van der Waals surface area contributed by atoms with Crippen LogP contribution in [0.3, 0.4) is 0 Å². The minimum atomic E-state index is -4.41. The summed E-state index contributed by atoms with van der Waals surface area (Å²) in [6, 6.07) is 9.11. The van der Waals surface area contributed by atoms with Crippen LogP contribution < -0.4 is 20.1 Å². The Bertz CT molecular complexity index is 804. The van der Waals surface area contributed by atoms with Gasteiger partial charge in [0.2, 0.25) is 5.88 Å². The number of guanidine groups is 1. The van der Waals surface area contributed by atoms with Crippen LogP contribution in [-0.2, 0) is 6.54 Å². The average molecular weight is 542 g/mol. The van der Waals surface area contributed by atoms with E-state index in [0.29, 0.717) is 19.0 Å². The van der Waals surface area contributed by atoms with E-state index in [9.17, 15) is 17.6 Å². The Morgan fingerprint density at radius 2 is 1.90 bits per heavy atom. The molecule has 1 unspecified atom stereocenters. The molecule has 1 atom stereocenters. The van der Waals surface area contributed by atoms with Crippen molar-refractivity contribution in [2.75, 3.05) is 20.2 Å². The summed E-state index contributed by atoms with van der Waals surface area (Å²) in [5.74, 6) is 0.111. The first-order valence-corrected chi connectivity index (χ1v) is 8.77. The Balaban J connectivity index is 0.00000450. The minimum Gasteiger partial charge on any atom is -0.486 e. The second-order valence-corrected chi connectivity index (χ2v) is 6.07. The third kappa shape index (κ3) is 9.46. The number of alkyl halides is 3. The van der Waals surface area contributed by atoms with E-state index in [1.807, 2.05) is 0 Å². The predicted octanol–water partition coefficient (Wildman–Crippen LogP) is 3.91. The van der Waals surface area contributed by atoms with Gasteiger partial charge in [0.15, 0.2) is 24.1 Å². The van der Waals surface area contributed by atoms with Gasteiger partial charge in [0, 0.05) is 25.9 Å². The maximum absolute atomic E-state index is 13.6. The van der Waals surface area contributed by atoms with Crippen molar-refractivity contribution < 1.29 is 27.0 Å². The minimum absolute atomic E-state index is 0. The highest BCUT2D eigenvalue weighted by molar-refractivity contribution is 14.0. The molecule has 0 saturated carbocycles. The fourth-order valence-corrected chi connectivity index (χ4v) is 2.20. The summed E-state index contributed by atoms with van der Waals surface area (Å²) in [7, 11) is 1.59. The van der Waals surface area contributed by atoms with Gasteiger partial charge in [-0.25, -0.2) is 9.37 Å². The number of aromatic nitrogens is 1. The van der Waals surface area contributed by atoms with Crippen LogP contribution in [0.4, 0.5) is 17.6 Å². The van der Waals surface area contributed by atoms with Gasteiger partial charge in [0.05, 0.1) is 6.54 Å². The number of aliphatic imine (C=N–C) groups is 1. The fourth-order valence-electron chi connectivity index (χ4n) is 2.20. The molecule has 1 aromatic carbocycles. The van der Waals surface area contributed by atoms with E-state index in [0.717, 1.165) is 5.56 Å². The summed E-state index contributed by atoms with van der Waals surface area (Å²) in [6.45, 7) is 1.11. The first-order valence-electron chi connectivity index (χ1n) is 8.77. The van der Waals surface area contributed by atoms with E-state index in [1.165, 1.54) is 18.3 Å². The summed E-state index contributed by atoms with van der Waals surface area (Å²) in [4.78, 5) is 7.91. The second-order valence-electron chi connectivity index (χ2n) is 6.07. The van der Waals surface area contributed by atoms with Crippen molar-refractivity contribution in [2.45, 2.75) is 25.7 Å². The lowest BCUT2D eigenvalue weighted by atomic mass is 10.3. The number of pyridine rings is 1. The lowest BCUT2D eigenvalue weighted by Gasteiger charge is -2.18. The number of para-hydroxylation sites is 1. The molecule has 2 aromatic rings. The van der Waals surface area contributed by atoms with E-state index < -0.39 is 18.6 Å². The molecule has 1 heterocycles. The molecule has 0 bridgehead atoms. The smallest absolute Gasteiger partial charge is 0.422 e. The first kappa shape index (κ1) is 25.7. The molecule has 30 heavy (non-hydrogen) atoms. The lowest BCUT2D eigenvalue weighted by Crippen LogP contribution is -2.41. The number of ether oxygens (including phenoxy) is 2. The normalized spacial score (nSPS) is 12.5. The number of benzene rings is 1. The Hall–Kier alpha value is -2.31. The molecular formula is C19H23F4IN4O2. The molecule has 0 aliphatic carbocycles. The van der Waals surface area contributed by atoms with Gasteiger partial charge in [-0.1, -0.05) is 18.2 Å². The van der Waals surface area contributed by atoms with Crippen molar-refractivity contribution in [2.24, 2.45) is 4.99 Å². The van der Waals surface area contributed by atoms with Crippen LogP contribution in [-0.4, -0.2) is 43.4 Å². The SMILES string of the molecule is CN=C(NCc1ccc(OCC(F)(F)F)nc1)NCC(C)Oc1ccccc1F.I. The largest absolute Gasteiger partial charge is 0.486 e. The van der Waals surface area contributed by atoms with Crippen molar-refractivity contribution in [1.82, 2.24) is 15.6 Å². The first-order chi connectivity index (χ1) is 13.8. The van der Waals surface area contributed by atoms with Gasteiger partial charge in [-0.15, -0.1) is 24.0 Å². The highest BCUT2D eigenvalue weighted by Gasteiger charge is 2.28. The quantitative estimate of drug-likeness (QED) is 0.229. The van der Waals surface area contributed by atoms with Crippen LogP contribution in [0, 0.1) is 5.82 Å². The van der Waals surface area contributed by atoms with Crippen LogP contribution in [0.5, 0.6) is 11.6 Å². The van der Waals surface area contributed by atoms with Gasteiger partial charge < -0.3 is 20.1 Å². The Morgan fingerprint density at radius 3 is 2.50 bits per heavy atom. The van der Waals surface area contributed by atoms with Gasteiger partial charge >= 0.3 is 6.18 Å². The molecule has 2 rings (SSSR count). The van der Waals surface area contributed by atoms with E-state index in [4.69, 9.17) is 4.74 Å². The van der Waals surface area contributed by atoms with Crippen LogP contribution >= 0.6 is 24.0 Å². The van der Waals surface area contributed by atoms with Crippen molar-refractivity contribution in [3.8, 4) is 11.6 Å². The molecule has 166 valence electrons. The molecule has 0 aliphatic rings. The van der Waals surface area contributed by atoms with Gasteiger partial charge in [0.25, 0.3) is 0 Å². The summed E-state index contributed by atoms with van der Waals surface area (Å²) < 4.78 is 60.1. The maximum Gasteiger partial charge on any atom is 0.422 e. The summed E-state index contributed by atoms with van der Waals surface area (Å²) in [5, 5.41) is 6.09. The Morgan fingerprint density at radius 1 is 1.17 bits per heavy atom. The number of hydrogen-bond donors (Lipinski definition) is 2. The molecule has 0 spiro atoms. The second kappa shape index (κ2) is 12.4. The van der Waals surface area contributed by atoms with Crippen molar-refractivity contribution in [1.29, 1.82) is 0 Å². The molecule has 6 nitrogen and oxygen atoms in total. The highest BCUT2D eigenvalue weighted by atomic mass is 127. The Labute approximate surface area is 189 Å². The maximum atomic E-state index is 13.6. The topological polar surface area (TPSA) is 67.8 Å². The van der Waals surface area contributed by atoms with Gasteiger partial charge in [-0.3, -0.25) is 4.99 Å². The van der Waals surface area contributed by atoms with E-state index in [2.05, 4.69) is 25.3 Å². The van der Waals surface area contributed by atoms with Crippen LogP contribution in [0.1, 0.15) is 12.5 Å². The summed E-state index contributed by atoms with van der Waals surface area (Å²) in [5.41, 5.74) is 0.725. The third-order valence-electron chi connectivity index (χ3n) is 3.59. The van der Waals surface area contributed by atoms with Gasteiger partial charge in [-0.2, -0.15) is 13.2 Å². The lowest BCUT2D eigenvalue weighted by molar-refractivity contribution is -0.154. The van der Waals surface area contributed by atoms with Gasteiger partial charge in [0.1, 0.15) is 6.10 Å². The molecule has 0 fully saturated rings. The number of rotatable bonds is 8. The van der Waals surface area contributed by atoms with E-state index in [1.54, 1.807) is 38.2 Å². The predicted molar refractivity (Wildman–Crippen MR) is 116 cm³/mol. The number of hydrogen-bond acceptors (Lipinski definition) is 4. The average Bonchev–Trinajstić information content (AvgIpc) is 2.68. The fraction of sp³-hybridized carbons (Fsp3) is 0.368. The van der Waals surface area contributed by atoms with Crippen molar-refractivity contribution in [3.63, 3.8) is 0 Å². The van der Waals surface area contributed by atoms with Crippen molar-refractivity contribution in [3.05, 3.63) is 54.0 Å². The molecule has 0 aliphatic heterocycles. The summed E-state index contributed by atoms with van der Waals surface area (Å²) in [6.07, 6.45) is -3.32. The summed E-state index contributed by atoms with van der Waals surface area (Å²) >= 11 is 0. The van der Waals surface area contributed by atoms with Gasteiger partial charge in [-0.05, 0) is 24.6 Å². The zero-order valence-electron chi connectivity index (χ0n) is 16.4. The van der Waals surface area contributed by atoms with E-state index >= 15 is 0 Å². The highest BCUT2D eigenvalue weighted by Crippen LogP contribution is 2.17. The molecule has 0 amide bonds. The molecule has 0 radical (unpaired) electrons. The number of halogens is 5. The molecule has 0 saturated heterocycles. The zero-order valence-corrected chi connectivity index (χ0v) is 18.7. The number of nitrogens with one attached hydrogen (secondary N) is 2. The van der Waals surface area contributed by atoms with Crippen molar-refractivity contribution >= 4 is 29.9 Å². The standard InChI is InChI=1S/C19H22F4N4O2.HI/c1-13(29-16-6-4-3-5-15(16)20)9-26-18(24-2)27-11-14-7-8-17(25-10-14)28-12-19(21,22)23;/h3-8,10,13H,9,11-12H2,1-2H3,(H2,24,26,27);1H. The third-order valence-corrected chi connectivity index (χ3v) is 3.59. The van der Waals surface area contributed by atoms with Crippen LogP contribution in [0.15, 0.2) is 47.6 Å². The zero-order chi connectivity index (χ0) is 21.3.